The van der Waals surface area contributed by atoms with Crippen molar-refractivity contribution in [3.63, 3.8) is 0 Å². The molecule has 2 aromatic rings. The molecule has 158 valence electrons. The van der Waals surface area contributed by atoms with Crippen molar-refractivity contribution < 1.29 is 8.42 Å². The summed E-state index contributed by atoms with van der Waals surface area (Å²) in [5, 5.41) is 7.54. The van der Waals surface area contributed by atoms with Crippen LogP contribution in [0.15, 0.2) is 34.2 Å². The van der Waals surface area contributed by atoms with E-state index in [1.54, 1.807) is 34.8 Å². The molecule has 0 amide bonds. The Morgan fingerprint density at radius 1 is 1.10 bits per heavy atom. The average molecular weight is 436 g/mol. The molecule has 1 aromatic heterocycles. The second-order valence-corrected chi connectivity index (χ2v) is 10.4. The highest BCUT2D eigenvalue weighted by atomic mass is 32.2. The Morgan fingerprint density at radius 3 is 2.34 bits per heavy atom. The smallest absolute Gasteiger partial charge is 0.243 e. The standard InChI is InChI=1S/C20H29N5O2S2/c1-15-16(2)28-19(24-15)14-23-20(21-3)22-13-17-7-9-18(10-8-17)29(26,27)25-11-5-4-6-12-25/h7-10H,4-6,11-14H2,1-3H3,(H2,21,22,23). The van der Waals surface area contributed by atoms with Gasteiger partial charge in [-0.15, -0.1) is 11.3 Å². The van der Waals surface area contributed by atoms with Crippen LogP contribution in [0.2, 0.25) is 0 Å². The van der Waals surface area contributed by atoms with Gasteiger partial charge in [0, 0.05) is 31.6 Å². The predicted octanol–water partition coefficient (Wildman–Crippen LogP) is 2.80. The number of hydrogen-bond acceptors (Lipinski definition) is 5. The van der Waals surface area contributed by atoms with Crippen LogP contribution in [0.3, 0.4) is 0 Å². The fraction of sp³-hybridized carbons (Fsp3) is 0.500. The van der Waals surface area contributed by atoms with Crippen molar-refractivity contribution in [2.45, 2.75) is 51.1 Å². The first kappa shape index (κ1) is 21.7. The van der Waals surface area contributed by atoms with Gasteiger partial charge in [0.2, 0.25) is 10.0 Å². The highest BCUT2D eigenvalue weighted by molar-refractivity contribution is 7.89. The third kappa shape index (κ3) is 5.55. The summed E-state index contributed by atoms with van der Waals surface area (Å²) in [5.74, 6) is 0.681. The number of sulfonamides is 1. The highest BCUT2D eigenvalue weighted by Gasteiger charge is 2.25. The van der Waals surface area contributed by atoms with Crippen molar-refractivity contribution in [3.05, 3.63) is 45.4 Å². The number of benzene rings is 1. The lowest BCUT2D eigenvalue weighted by atomic mass is 10.2. The molecular weight excluding hydrogens is 406 g/mol. The summed E-state index contributed by atoms with van der Waals surface area (Å²) in [6.45, 7) is 6.49. The summed E-state index contributed by atoms with van der Waals surface area (Å²) in [5.41, 5.74) is 2.06. The quantitative estimate of drug-likeness (QED) is 0.538. The number of nitrogens with zero attached hydrogens (tertiary/aromatic N) is 3. The van der Waals surface area contributed by atoms with Gasteiger partial charge in [0.25, 0.3) is 0 Å². The largest absolute Gasteiger partial charge is 0.352 e. The van der Waals surface area contributed by atoms with Gasteiger partial charge in [-0.2, -0.15) is 4.31 Å². The summed E-state index contributed by atoms with van der Waals surface area (Å²) in [6, 6.07) is 7.09. The molecule has 9 heteroatoms. The number of thiazole rings is 1. The fourth-order valence-corrected chi connectivity index (χ4v) is 5.60. The van der Waals surface area contributed by atoms with E-state index in [2.05, 4.69) is 27.5 Å². The molecule has 1 aliphatic heterocycles. The molecule has 0 unspecified atom stereocenters. The van der Waals surface area contributed by atoms with Crippen LogP contribution in [0.1, 0.15) is 40.4 Å². The van der Waals surface area contributed by atoms with Gasteiger partial charge in [0.1, 0.15) is 5.01 Å². The second kappa shape index (κ2) is 9.69. The van der Waals surface area contributed by atoms with Crippen LogP contribution in [0.25, 0.3) is 0 Å². The summed E-state index contributed by atoms with van der Waals surface area (Å²) >= 11 is 1.68. The van der Waals surface area contributed by atoms with E-state index in [1.807, 2.05) is 19.1 Å². The van der Waals surface area contributed by atoms with Gasteiger partial charge in [-0.25, -0.2) is 13.4 Å². The van der Waals surface area contributed by atoms with E-state index in [0.717, 1.165) is 35.5 Å². The zero-order valence-corrected chi connectivity index (χ0v) is 18.9. The van der Waals surface area contributed by atoms with Crippen molar-refractivity contribution in [1.82, 2.24) is 19.9 Å². The molecule has 1 saturated heterocycles. The van der Waals surface area contributed by atoms with Crippen LogP contribution in [0, 0.1) is 13.8 Å². The van der Waals surface area contributed by atoms with Gasteiger partial charge in [-0.1, -0.05) is 18.6 Å². The minimum absolute atomic E-state index is 0.361. The lowest BCUT2D eigenvalue weighted by molar-refractivity contribution is 0.346. The average Bonchev–Trinajstić information content (AvgIpc) is 3.06. The van der Waals surface area contributed by atoms with E-state index >= 15 is 0 Å². The molecule has 0 bridgehead atoms. The van der Waals surface area contributed by atoms with E-state index in [4.69, 9.17) is 0 Å². The molecule has 2 heterocycles. The molecule has 0 aliphatic carbocycles. The van der Waals surface area contributed by atoms with E-state index in [-0.39, 0.29) is 0 Å². The molecule has 7 nitrogen and oxygen atoms in total. The Balaban J connectivity index is 1.54. The van der Waals surface area contributed by atoms with Crippen molar-refractivity contribution in [3.8, 4) is 0 Å². The minimum atomic E-state index is -3.38. The lowest BCUT2D eigenvalue weighted by Crippen LogP contribution is -2.36. The maximum atomic E-state index is 12.7. The van der Waals surface area contributed by atoms with Gasteiger partial charge in [-0.3, -0.25) is 4.99 Å². The SMILES string of the molecule is CN=C(NCc1ccc(S(=O)(=O)N2CCCCC2)cc1)NCc1nc(C)c(C)s1. The summed E-state index contributed by atoms with van der Waals surface area (Å²) in [7, 11) is -1.66. The number of nitrogens with one attached hydrogen (secondary N) is 2. The number of hydrogen-bond donors (Lipinski definition) is 2. The highest BCUT2D eigenvalue weighted by Crippen LogP contribution is 2.21. The first-order chi connectivity index (χ1) is 13.9. The number of piperidine rings is 1. The van der Waals surface area contributed by atoms with Crippen molar-refractivity contribution in [2.24, 2.45) is 4.99 Å². The Labute approximate surface area is 177 Å². The molecule has 1 fully saturated rings. The molecule has 0 spiro atoms. The molecule has 0 atom stereocenters. The van der Waals surface area contributed by atoms with Gasteiger partial charge >= 0.3 is 0 Å². The summed E-state index contributed by atoms with van der Waals surface area (Å²) < 4.78 is 27.1. The van der Waals surface area contributed by atoms with Crippen LogP contribution in [-0.2, 0) is 23.1 Å². The van der Waals surface area contributed by atoms with Gasteiger partial charge in [0.15, 0.2) is 5.96 Å². The van der Waals surface area contributed by atoms with E-state index in [0.29, 0.717) is 37.0 Å². The third-order valence-electron chi connectivity index (χ3n) is 5.04. The number of guanidine groups is 1. The maximum Gasteiger partial charge on any atom is 0.243 e. The van der Waals surface area contributed by atoms with Crippen molar-refractivity contribution >= 4 is 27.3 Å². The second-order valence-electron chi connectivity index (χ2n) is 7.14. The first-order valence-corrected chi connectivity index (χ1v) is 12.1. The molecule has 1 aromatic carbocycles. The number of aliphatic imine (C=N–C) groups is 1. The van der Waals surface area contributed by atoms with Crippen LogP contribution < -0.4 is 10.6 Å². The Hall–Kier alpha value is -1.97. The monoisotopic (exact) mass is 435 g/mol. The van der Waals surface area contributed by atoms with Crippen LogP contribution >= 0.6 is 11.3 Å². The first-order valence-electron chi connectivity index (χ1n) is 9.86. The lowest BCUT2D eigenvalue weighted by Gasteiger charge is -2.25. The molecule has 0 radical (unpaired) electrons. The Morgan fingerprint density at radius 2 is 1.76 bits per heavy atom. The maximum absolute atomic E-state index is 12.7. The predicted molar refractivity (Wildman–Crippen MR) is 118 cm³/mol. The van der Waals surface area contributed by atoms with Crippen molar-refractivity contribution in [1.29, 1.82) is 0 Å². The molecular formula is C20H29N5O2S2. The van der Waals surface area contributed by atoms with E-state index < -0.39 is 10.0 Å². The summed E-state index contributed by atoms with van der Waals surface area (Å²) in [4.78, 5) is 10.3. The van der Waals surface area contributed by atoms with Crippen LogP contribution in [-0.4, -0.2) is 43.8 Å². The zero-order chi connectivity index (χ0) is 20.9. The normalized spacial score (nSPS) is 16.0. The van der Waals surface area contributed by atoms with E-state index in [9.17, 15) is 8.42 Å². The van der Waals surface area contributed by atoms with Gasteiger partial charge < -0.3 is 10.6 Å². The number of rotatable bonds is 6. The Kier molecular flexibility index (Phi) is 7.26. The topological polar surface area (TPSA) is 86.7 Å². The Bertz CT molecular complexity index is 926. The summed E-state index contributed by atoms with van der Waals surface area (Å²) in [6.07, 6.45) is 2.98. The van der Waals surface area contributed by atoms with Crippen LogP contribution in [0.5, 0.6) is 0 Å². The van der Waals surface area contributed by atoms with Gasteiger partial charge in [-0.05, 0) is 44.4 Å². The van der Waals surface area contributed by atoms with Gasteiger partial charge in [0.05, 0.1) is 17.1 Å². The molecule has 1 aliphatic rings. The molecule has 2 N–H and O–H groups in total. The molecule has 29 heavy (non-hydrogen) atoms. The number of aryl methyl sites for hydroxylation is 2. The van der Waals surface area contributed by atoms with Crippen molar-refractivity contribution in [2.75, 3.05) is 20.1 Å². The molecule has 3 rings (SSSR count). The van der Waals surface area contributed by atoms with E-state index in [1.165, 1.54) is 4.88 Å². The number of aromatic nitrogens is 1. The zero-order valence-electron chi connectivity index (χ0n) is 17.2. The fourth-order valence-electron chi connectivity index (χ4n) is 3.21. The van der Waals surface area contributed by atoms with Crippen LogP contribution in [0.4, 0.5) is 0 Å². The minimum Gasteiger partial charge on any atom is -0.352 e. The third-order valence-corrected chi connectivity index (χ3v) is 8.03. The molecule has 0 saturated carbocycles.